The Bertz CT molecular complexity index is 984. The van der Waals surface area contributed by atoms with E-state index >= 15 is 0 Å². The molecule has 0 saturated carbocycles. The number of nitrogens with one attached hydrogen (secondary N) is 1. The van der Waals surface area contributed by atoms with Gasteiger partial charge in [-0.2, -0.15) is 0 Å². The maximum absolute atomic E-state index is 12.9. The zero-order valence-corrected chi connectivity index (χ0v) is 19.1. The van der Waals surface area contributed by atoms with Crippen molar-refractivity contribution in [2.24, 2.45) is 0 Å². The SMILES string of the molecule is CNc1nc(C2CCN(C(=O)c3ccc(COC)cc3)CC2)nc2c1CCN(C(C)=O)C2. The predicted octanol–water partition coefficient (Wildman–Crippen LogP) is 2.59. The van der Waals surface area contributed by atoms with Crippen molar-refractivity contribution in [1.82, 2.24) is 19.8 Å². The summed E-state index contributed by atoms with van der Waals surface area (Å²) >= 11 is 0. The van der Waals surface area contributed by atoms with Gasteiger partial charge in [0.2, 0.25) is 5.91 Å². The Hall–Kier alpha value is -3.00. The summed E-state index contributed by atoms with van der Waals surface area (Å²) in [7, 11) is 3.54. The zero-order valence-electron chi connectivity index (χ0n) is 19.1. The number of nitrogens with zero attached hydrogens (tertiary/aromatic N) is 4. The van der Waals surface area contributed by atoms with Crippen LogP contribution >= 0.6 is 0 Å². The van der Waals surface area contributed by atoms with Crippen LogP contribution in [0.15, 0.2) is 24.3 Å². The quantitative estimate of drug-likeness (QED) is 0.774. The minimum Gasteiger partial charge on any atom is -0.380 e. The number of anilines is 1. The Kier molecular flexibility index (Phi) is 6.69. The lowest BCUT2D eigenvalue weighted by molar-refractivity contribution is -0.129. The monoisotopic (exact) mass is 437 g/mol. The number of amides is 2. The van der Waals surface area contributed by atoms with Crippen LogP contribution in [-0.2, 0) is 29.1 Å². The summed E-state index contributed by atoms with van der Waals surface area (Å²) in [6.07, 6.45) is 2.42. The van der Waals surface area contributed by atoms with Gasteiger partial charge in [-0.15, -0.1) is 0 Å². The van der Waals surface area contributed by atoms with Crippen molar-refractivity contribution in [2.45, 2.75) is 45.3 Å². The standard InChI is InChI=1S/C24H31N5O3/c1-16(30)29-13-10-20-21(14-29)26-22(27-23(20)25-2)18-8-11-28(12-9-18)24(31)19-6-4-17(5-7-19)15-32-3/h4-7,18H,8-15H2,1-3H3,(H,25,26,27). The molecule has 1 N–H and O–H groups in total. The van der Waals surface area contributed by atoms with Crippen LogP contribution in [0.5, 0.6) is 0 Å². The van der Waals surface area contributed by atoms with Gasteiger partial charge in [0, 0.05) is 57.8 Å². The lowest BCUT2D eigenvalue weighted by Gasteiger charge is -2.33. The minimum absolute atomic E-state index is 0.0618. The van der Waals surface area contributed by atoms with Crippen LogP contribution in [0.3, 0.4) is 0 Å². The highest BCUT2D eigenvalue weighted by molar-refractivity contribution is 5.94. The molecule has 8 nitrogen and oxygen atoms in total. The number of likely N-dealkylation sites (tertiary alicyclic amines) is 1. The number of carbonyl (C=O) groups excluding carboxylic acids is 2. The average Bonchev–Trinajstić information content (AvgIpc) is 2.83. The van der Waals surface area contributed by atoms with Crippen molar-refractivity contribution < 1.29 is 14.3 Å². The van der Waals surface area contributed by atoms with Crippen LogP contribution in [0.25, 0.3) is 0 Å². The van der Waals surface area contributed by atoms with Gasteiger partial charge in [-0.05, 0) is 37.0 Å². The second kappa shape index (κ2) is 9.65. The molecule has 0 aliphatic carbocycles. The van der Waals surface area contributed by atoms with Crippen molar-refractivity contribution >= 4 is 17.6 Å². The molecule has 3 heterocycles. The van der Waals surface area contributed by atoms with Crippen molar-refractivity contribution in [2.75, 3.05) is 39.1 Å². The largest absolute Gasteiger partial charge is 0.380 e. The average molecular weight is 438 g/mol. The van der Waals surface area contributed by atoms with Gasteiger partial charge in [0.05, 0.1) is 18.8 Å². The van der Waals surface area contributed by atoms with E-state index in [1.165, 1.54) is 0 Å². The highest BCUT2D eigenvalue weighted by Crippen LogP contribution is 2.31. The van der Waals surface area contributed by atoms with Crippen molar-refractivity contribution in [3.8, 4) is 0 Å². The fourth-order valence-corrected chi connectivity index (χ4v) is 4.54. The molecule has 8 heteroatoms. The predicted molar refractivity (Wildman–Crippen MR) is 121 cm³/mol. The van der Waals surface area contributed by atoms with E-state index < -0.39 is 0 Å². The number of rotatable bonds is 5. The van der Waals surface area contributed by atoms with E-state index in [-0.39, 0.29) is 17.7 Å². The molecule has 1 aromatic heterocycles. The number of carbonyl (C=O) groups is 2. The van der Waals surface area contributed by atoms with Crippen LogP contribution in [0.1, 0.15) is 58.7 Å². The number of methoxy groups -OCH3 is 1. The van der Waals surface area contributed by atoms with Gasteiger partial charge >= 0.3 is 0 Å². The van der Waals surface area contributed by atoms with Crippen molar-refractivity contribution in [3.05, 3.63) is 52.5 Å². The molecule has 2 aliphatic rings. The summed E-state index contributed by atoms with van der Waals surface area (Å²) in [4.78, 5) is 38.2. The Morgan fingerprint density at radius 1 is 1.09 bits per heavy atom. The number of hydrogen-bond acceptors (Lipinski definition) is 6. The second-order valence-corrected chi connectivity index (χ2v) is 8.49. The first-order valence-corrected chi connectivity index (χ1v) is 11.2. The molecule has 1 fully saturated rings. The number of hydrogen-bond donors (Lipinski definition) is 1. The van der Waals surface area contributed by atoms with Gasteiger partial charge in [-0.3, -0.25) is 9.59 Å². The molecule has 170 valence electrons. The van der Waals surface area contributed by atoms with E-state index in [9.17, 15) is 9.59 Å². The van der Waals surface area contributed by atoms with Crippen LogP contribution in [-0.4, -0.2) is 65.4 Å². The van der Waals surface area contributed by atoms with Crippen LogP contribution in [0.2, 0.25) is 0 Å². The van der Waals surface area contributed by atoms with E-state index in [1.807, 2.05) is 41.1 Å². The first kappa shape index (κ1) is 22.2. The molecular weight excluding hydrogens is 406 g/mol. The second-order valence-electron chi connectivity index (χ2n) is 8.49. The molecule has 1 saturated heterocycles. The molecule has 2 aliphatic heterocycles. The van der Waals surface area contributed by atoms with Crippen molar-refractivity contribution in [1.29, 1.82) is 0 Å². The van der Waals surface area contributed by atoms with E-state index in [0.29, 0.717) is 38.3 Å². The molecule has 0 radical (unpaired) electrons. The topological polar surface area (TPSA) is 87.7 Å². The Morgan fingerprint density at radius 3 is 2.44 bits per heavy atom. The van der Waals surface area contributed by atoms with Crippen molar-refractivity contribution in [3.63, 3.8) is 0 Å². The number of fused-ring (bicyclic) bond motifs is 1. The molecule has 0 bridgehead atoms. The molecular formula is C24H31N5O3. The number of ether oxygens (including phenoxy) is 1. The lowest BCUT2D eigenvalue weighted by Crippen LogP contribution is -2.39. The molecule has 4 rings (SSSR count). The molecule has 0 spiro atoms. The van der Waals surface area contributed by atoms with Gasteiger partial charge < -0.3 is 19.9 Å². The highest BCUT2D eigenvalue weighted by Gasteiger charge is 2.29. The van der Waals surface area contributed by atoms with E-state index in [4.69, 9.17) is 14.7 Å². The van der Waals surface area contributed by atoms with E-state index in [1.54, 1.807) is 14.0 Å². The zero-order chi connectivity index (χ0) is 22.7. The molecule has 0 atom stereocenters. The lowest BCUT2D eigenvalue weighted by atomic mass is 9.94. The first-order chi connectivity index (χ1) is 15.5. The van der Waals surface area contributed by atoms with Gasteiger partial charge in [0.1, 0.15) is 11.6 Å². The fourth-order valence-electron chi connectivity index (χ4n) is 4.54. The smallest absolute Gasteiger partial charge is 0.253 e. The molecule has 1 aromatic carbocycles. The maximum atomic E-state index is 12.9. The maximum Gasteiger partial charge on any atom is 0.253 e. The van der Waals surface area contributed by atoms with Crippen LogP contribution in [0, 0.1) is 0 Å². The third-order valence-corrected chi connectivity index (χ3v) is 6.42. The van der Waals surface area contributed by atoms with Crippen LogP contribution in [0.4, 0.5) is 5.82 Å². The number of piperidine rings is 1. The summed E-state index contributed by atoms with van der Waals surface area (Å²) in [6, 6.07) is 7.62. The molecule has 2 amide bonds. The molecule has 32 heavy (non-hydrogen) atoms. The number of aromatic nitrogens is 2. The summed E-state index contributed by atoms with van der Waals surface area (Å²) in [6.45, 7) is 4.73. The van der Waals surface area contributed by atoms with Gasteiger partial charge in [-0.25, -0.2) is 9.97 Å². The first-order valence-electron chi connectivity index (χ1n) is 11.2. The molecule has 2 aromatic rings. The summed E-state index contributed by atoms with van der Waals surface area (Å²) in [5, 5.41) is 3.21. The summed E-state index contributed by atoms with van der Waals surface area (Å²) in [5.74, 6) is 2.02. The van der Waals surface area contributed by atoms with E-state index in [0.717, 1.165) is 47.7 Å². The van der Waals surface area contributed by atoms with Gasteiger partial charge in [0.15, 0.2) is 0 Å². The third kappa shape index (κ3) is 4.60. The Labute approximate surface area is 189 Å². The summed E-state index contributed by atoms with van der Waals surface area (Å²) < 4.78 is 5.14. The van der Waals surface area contributed by atoms with Gasteiger partial charge in [-0.1, -0.05) is 12.1 Å². The van der Waals surface area contributed by atoms with Crippen LogP contribution < -0.4 is 5.32 Å². The Morgan fingerprint density at radius 2 is 1.81 bits per heavy atom. The molecule has 0 unspecified atom stereocenters. The highest BCUT2D eigenvalue weighted by atomic mass is 16.5. The Balaban J connectivity index is 1.44. The minimum atomic E-state index is 0.0618. The fraction of sp³-hybridized carbons (Fsp3) is 0.500. The van der Waals surface area contributed by atoms with E-state index in [2.05, 4.69) is 5.32 Å². The van der Waals surface area contributed by atoms with Gasteiger partial charge in [0.25, 0.3) is 5.91 Å². The third-order valence-electron chi connectivity index (χ3n) is 6.42. The summed E-state index contributed by atoms with van der Waals surface area (Å²) in [5.41, 5.74) is 3.81. The number of benzene rings is 1. The normalized spacial score (nSPS) is 16.6.